The standard InChI is InChI=1S/C3H8N2O/c6-3-4-1-2-5-3/h3-6H,1-2H2. The van der Waals surface area contributed by atoms with Crippen LogP contribution in [0.5, 0.6) is 0 Å². The third kappa shape index (κ3) is 0.680. The van der Waals surface area contributed by atoms with E-state index in [4.69, 9.17) is 5.11 Å². The Bertz CT molecular complexity index is 42.1. The summed E-state index contributed by atoms with van der Waals surface area (Å²) >= 11 is 0. The maximum absolute atomic E-state index is 8.51. The second-order valence-corrected chi connectivity index (χ2v) is 1.31. The lowest BCUT2D eigenvalue weighted by Gasteiger charge is -1.96. The van der Waals surface area contributed by atoms with Crippen LogP contribution in [0.25, 0.3) is 0 Å². The minimum Gasteiger partial charge on any atom is -0.365 e. The molecule has 0 aromatic rings. The molecule has 0 unspecified atom stereocenters. The molecular formula is C3H8N2O. The van der Waals surface area contributed by atoms with Crippen molar-refractivity contribution in [2.24, 2.45) is 0 Å². The molecule has 0 spiro atoms. The van der Waals surface area contributed by atoms with Crippen LogP contribution in [-0.2, 0) is 0 Å². The largest absolute Gasteiger partial charge is 0.365 e. The Balaban J connectivity index is 2.18. The average molecular weight is 88.1 g/mol. The van der Waals surface area contributed by atoms with Crippen LogP contribution < -0.4 is 10.6 Å². The van der Waals surface area contributed by atoms with Gasteiger partial charge in [0.15, 0.2) is 6.35 Å². The molecule has 1 aliphatic rings. The first kappa shape index (κ1) is 4.05. The summed E-state index contributed by atoms with van der Waals surface area (Å²) in [6.07, 6.45) is -0.454. The summed E-state index contributed by atoms with van der Waals surface area (Å²) in [6.45, 7) is 1.75. The van der Waals surface area contributed by atoms with Crippen molar-refractivity contribution < 1.29 is 5.11 Å². The van der Waals surface area contributed by atoms with Gasteiger partial charge in [-0.15, -0.1) is 0 Å². The van der Waals surface area contributed by atoms with Crippen molar-refractivity contribution in [3.8, 4) is 0 Å². The van der Waals surface area contributed by atoms with E-state index >= 15 is 0 Å². The number of rotatable bonds is 0. The molecule has 1 fully saturated rings. The fourth-order valence-electron chi connectivity index (χ4n) is 0.490. The second kappa shape index (κ2) is 1.55. The highest BCUT2D eigenvalue weighted by Crippen LogP contribution is 1.74. The zero-order chi connectivity index (χ0) is 4.41. The Morgan fingerprint density at radius 3 is 2.00 bits per heavy atom. The van der Waals surface area contributed by atoms with Gasteiger partial charge in [-0.3, -0.25) is 10.6 Å². The van der Waals surface area contributed by atoms with Crippen molar-refractivity contribution >= 4 is 0 Å². The van der Waals surface area contributed by atoms with Crippen molar-refractivity contribution in [3.05, 3.63) is 0 Å². The van der Waals surface area contributed by atoms with E-state index in [1.165, 1.54) is 0 Å². The molecule has 1 aliphatic heterocycles. The first-order valence-corrected chi connectivity index (χ1v) is 2.04. The molecule has 0 bridgehead atoms. The van der Waals surface area contributed by atoms with Crippen LogP contribution in [0.15, 0.2) is 0 Å². The van der Waals surface area contributed by atoms with Gasteiger partial charge in [0.2, 0.25) is 0 Å². The third-order valence-electron chi connectivity index (χ3n) is 0.800. The molecule has 1 saturated heterocycles. The van der Waals surface area contributed by atoms with Gasteiger partial charge in [-0.1, -0.05) is 0 Å². The number of aliphatic hydroxyl groups excluding tert-OH is 1. The number of hydrogen-bond acceptors (Lipinski definition) is 3. The van der Waals surface area contributed by atoms with E-state index in [0.717, 1.165) is 13.1 Å². The molecule has 6 heavy (non-hydrogen) atoms. The summed E-state index contributed by atoms with van der Waals surface area (Å²) < 4.78 is 0. The highest BCUT2D eigenvalue weighted by Gasteiger charge is 2.05. The highest BCUT2D eigenvalue weighted by molar-refractivity contribution is 4.60. The molecule has 0 aromatic carbocycles. The van der Waals surface area contributed by atoms with Gasteiger partial charge in [0.05, 0.1) is 0 Å². The number of hydrogen-bond donors (Lipinski definition) is 3. The van der Waals surface area contributed by atoms with Gasteiger partial charge in [-0.05, 0) is 0 Å². The molecule has 3 heteroatoms. The SMILES string of the molecule is OC1NCCN1. The smallest absolute Gasteiger partial charge is 0.160 e. The second-order valence-electron chi connectivity index (χ2n) is 1.31. The Hall–Kier alpha value is -0.120. The zero-order valence-corrected chi connectivity index (χ0v) is 3.44. The van der Waals surface area contributed by atoms with Gasteiger partial charge in [-0.2, -0.15) is 0 Å². The molecule has 0 amide bonds. The number of nitrogens with one attached hydrogen (secondary N) is 2. The molecule has 0 saturated carbocycles. The highest BCUT2D eigenvalue weighted by atomic mass is 16.3. The van der Waals surface area contributed by atoms with E-state index < -0.39 is 6.35 Å². The van der Waals surface area contributed by atoms with Crippen molar-refractivity contribution in [2.45, 2.75) is 6.35 Å². The van der Waals surface area contributed by atoms with Crippen LogP contribution >= 0.6 is 0 Å². The van der Waals surface area contributed by atoms with E-state index in [2.05, 4.69) is 10.6 Å². The van der Waals surface area contributed by atoms with Gasteiger partial charge in [0.25, 0.3) is 0 Å². The third-order valence-corrected chi connectivity index (χ3v) is 0.800. The Labute approximate surface area is 36.4 Å². The molecule has 0 atom stereocenters. The summed E-state index contributed by atoms with van der Waals surface area (Å²) in [6, 6.07) is 0. The average Bonchev–Trinajstić information content (AvgIpc) is 1.86. The predicted octanol–water partition coefficient (Wildman–Crippen LogP) is -1.54. The molecule has 0 aromatic heterocycles. The van der Waals surface area contributed by atoms with Crippen molar-refractivity contribution in [3.63, 3.8) is 0 Å². The zero-order valence-electron chi connectivity index (χ0n) is 3.44. The quantitative estimate of drug-likeness (QED) is 0.336. The Kier molecular flexibility index (Phi) is 1.05. The van der Waals surface area contributed by atoms with Gasteiger partial charge in [0, 0.05) is 13.1 Å². The minimum absolute atomic E-state index is 0.454. The van der Waals surface area contributed by atoms with Gasteiger partial charge in [0.1, 0.15) is 0 Å². The summed E-state index contributed by atoms with van der Waals surface area (Å²) in [7, 11) is 0. The molecular weight excluding hydrogens is 80.0 g/mol. The van der Waals surface area contributed by atoms with Gasteiger partial charge < -0.3 is 5.11 Å². The first-order valence-electron chi connectivity index (χ1n) is 2.04. The molecule has 0 radical (unpaired) electrons. The van der Waals surface area contributed by atoms with Crippen LogP contribution in [0.3, 0.4) is 0 Å². The van der Waals surface area contributed by atoms with Crippen LogP contribution in [-0.4, -0.2) is 24.5 Å². The Morgan fingerprint density at radius 2 is 1.83 bits per heavy atom. The molecule has 3 nitrogen and oxygen atoms in total. The van der Waals surface area contributed by atoms with Crippen molar-refractivity contribution in [1.29, 1.82) is 0 Å². The van der Waals surface area contributed by atoms with Gasteiger partial charge in [-0.25, -0.2) is 0 Å². The van der Waals surface area contributed by atoms with Crippen LogP contribution in [0.4, 0.5) is 0 Å². The maximum Gasteiger partial charge on any atom is 0.160 e. The molecule has 1 heterocycles. The molecule has 36 valence electrons. The van der Waals surface area contributed by atoms with Gasteiger partial charge >= 0.3 is 0 Å². The molecule has 3 N–H and O–H groups in total. The lowest BCUT2D eigenvalue weighted by Crippen LogP contribution is -2.29. The summed E-state index contributed by atoms with van der Waals surface area (Å²) in [5.74, 6) is 0. The van der Waals surface area contributed by atoms with Crippen molar-refractivity contribution in [1.82, 2.24) is 10.6 Å². The van der Waals surface area contributed by atoms with E-state index in [1.54, 1.807) is 0 Å². The predicted molar refractivity (Wildman–Crippen MR) is 22.0 cm³/mol. The van der Waals surface area contributed by atoms with E-state index in [1.807, 2.05) is 0 Å². The fourth-order valence-corrected chi connectivity index (χ4v) is 0.490. The number of aliphatic hydroxyl groups is 1. The van der Waals surface area contributed by atoms with Crippen molar-refractivity contribution in [2.75, 3.05) is 13.1 Å². The fraction of sp³-hybridized carbons (Fsp3) is 1.00. The summed E-state index contributed by atoms with van der Waals surface area (Å²) in [5, 5.41) is 14.0. The Morgan fingerprint density at radius 1 is 1.33 bits per heavy atom. The first-order chi connectivity index (χ1) is 2.89. The summed E-state index contributed by atoms with van der Waals surface area (Å²) in [5.41, 5.74) is 0. The van der Waals surface area contributed by atoms with E-state index in [-0.39, 0.29) is 0 Å². The molecule has 0 aliphatic carbocycles. The lowest BCUT2D eigenvalue weighted by molar-refractivity contribution is 0.138. The monoisotopic (exact) mass is 88.1 g/mol. The van der Waals surface area contributed by atoms with E-state index in [0.29, 0.717) is 0 Å². The minimum atomic E-state index is -0.454. The maximum atomic E-state index is 8.51. The molecule has 1 rings (SSSR count). The van der Waals surface area contributed by atoms with Crippen LogP contribution in [0.2, 0.25) is 0 Å². The topological polar surface area (TPSA) is 44.3 Å². The van der Waals surface area contributed by atoms with Crippen LogP contribution in [0, 0.1) is 0 Å². The summed E-state index contributed by atoms with van der Waals surface area (Å²) in [4.78, 5) is 0. The normalized spacial score (nSPS) is 25.5. The van der Waals surface area contributed by atoms with Crippen LogP contribution in [0.1, 0.15) is 0 Å². The lowest BCUT2D eigenvalue weighted by atomic mass is 10.7. The van der Waals surface area contributed by atoms with E-state index in [9.17, 15) is 0 Å².